The molecule has 0 saturated carbocycles. The number of hydrogen-bond donors (Lipinski definition) is 2. The molecule has 0 aliphatic carbocycles. The second-order valence-electron chi connectivity index (χ2n) is 3.81. The topological polar surface area (TPSA) is 93.0 Å². The summed E-state index contributed by atoms with van der Waals surface area (Å²) in [5.74, 6) is 0.904. The Hall–Kier alpha value is -2.70. The summed E-state index contributed by atoms with van der Waals surface area (Å²) in [7, 11) is 1.67. The van der Waals surface area contributed by atoms with Gasteiger partial charge in [-0.3, -0.25) is 15.1 Å². The van der Waals surface area contributed by atoms with Crippen LogP contribution in [0.15, 0.2) is 36.7 Å². The molecule has 0 amide bonds. The number of pyridine rings is 2. The Kier molecular flexibility index (Phi) is 3.87. The third-order valence-electron chi connectivity index (χ3n) is 2.50. The van der Waals surface area contributed by atoms with Crippen LogP contribution in [0, 0.1) is 10.1 Å². The molecular formula is C12H13N5O2. The van der Waals surface area contributed by atoms with Gasteiger partial charge in [-0.25, -0.2) is 4.98 Å². The van der Waals surface area contributed by atoms with Gasteiger partial charge in [-0.1, -0.05) is 0 Å². The van der Waals surface area contributed by atoms with Crippen LogP contribution in [-0.2, 0) is 6.54 Å². The second-order valence-corrected chi connectivity index (χ2v) is 3.81. The molecular weight excluding hydrogens is 246 g/mol. The Morgan fingerprint density at radius 1 is 1.26 bits per heavy atom. The summed E-state index contributed by atoms with van der Waals surface area (Å²) in [6.45, 7) is 0.528. The third-order valence-corrected chi connectivity index (χ3v) is 2.50. The van der Waals surface area contributed by atoms with E-state index in [0.717, 1.165) is 5.56 Å². The number of nitro groups is 1. The predicted molar refractivity (Wildman–Crippen MR) is 72.0 cm³/mol. The van der Waals surface area contributed by atoms with Crippen LogP contribution >= 0.6 is 0 Å². The Bertz CT molecular complexity index is 574. The Balaban J connectivity index is 2.15. The fourth-order valence-corrected chi connectivity index (χ4v) is 1.53. The molecule has 19 heavy (non-hydrogen) atoms. The van der Waals surface area contributed by atoms with Gasteiger partial charge in [0.1, 0.15) is 11.6 Å². The van der Waals surface area contributed by atoms with Gasteiger partial charge in [0, 0.05) is 26.0 Å². The average Bonchev–Trinajstić information content (AvgIpc) is 2.45. The average molecular weight is 259 g/mol. The van der Waals surface area contributed by atoms with Crippen molar-refractivity contribution in [3.8, 4) is 0 Å². The highest BCUT2D eigenvalue weighted by Gasteiger charge is 2.10. The molecule has 2 aromatic rings. The molecule has 7 nitrogen and oxygen atoms in total. The standard InChI is InChI=1S/C12H13N5O2/c1-13-11-6-10(17(18)19)7-12(16-11)15-8-9-2-4-14-5-3-9/h2-7H,8H2,1H3,(H2,13,15,16). The zero-order valence-electron chi connectivity index (χ0n) is 10.3. The van der Waals surface area contributed by atoms with E-state index in [1.165, 1.54) is 12.1 Å². The minimum Gasteiger partial charge on any atom is -0.373 e. The van der Waals surface area contributed by atoms with Crippen molar-refractivity contribution in [2.45, 2.75) is 6.54 Å². The highest BCUT2D eigenvalue weighted by Crippen LogP contribution is 2.20. The number of rotatable bonds is 5. The molecule has 0 spiro atoms. The Labute approximate surface area is 109 Å². The van der Waals surface area contributed by atoms with E-state index in [1.54, 1.807) is 19.4 Å². The van der Waals surface area contributed by atoms with Gasteiger partial charge >= 0.3 is 0 Å². The van der Waals surface area contributed by atoms with Crippen molar-refractivity contribution < 1.29 is 4.92 Å². The van der Waals surface area contributed by atoms with Crippen molar-refractivity contribution >= 4 is 17.3 Å². The van der Waals surface area contributed by atoms with E-state index in [4.69, 9.17) is 0 Å². The predicted octanol–water partition coefficient (Wildman–Crippen LogP) is 2.04. The molecule has 2 N–H and O–H groups in total. The van der Waals surface area contributed by atoms with Crippen molar-refractivity contribution in [2.75, 3.05) is 17.7 Å². The lowest BCUT2D eigenvalue weighted by Gasteiger charge is -2.07. The minimum atomic E-state index is -0.444. The summed E-state index contributed by atoms with van der Waals surface area (Å²) in [5, 5.41) is 16.7. The van der Waals surface area contributed by atoms with Crippen molar-refractivity contribution in [1.29, 1.82) is 0 Å². The number of hydrogen-bond acceptors (Lipinski definition) is 6. The molecule has 2 aromatic heterocycles. The van der Waals surface area contributed by atoms with E-state index < -0.39 is 4.92 Å². The molecule has 98 valence electrons. The Morgan fingerprint density at radius 2 is 1.95 bits per heavy atom. The molecule has 0 bridgehead atoms. The lowest BCUT2D eigenvalue weighted by molar-refractivity contribution is -0.384. The fourth-order valence-electron chi connectivity index (χ4n) is 1.53. The van der Waals surface area contributed by atoms with Crippen LogP contribution in [0.1, 0.15) is 5.56 Å². The third kappa shape index (κ3) is 3.38. The first kappa shape index (κ1) is 12.7. The summed E-state index contributed by atoms with van der Waals surface area (Å²) >= 11 is 0. The fraction of sp³-hybridized carbons (Fsp3) is 0.167. The maximum Gasteiger partial charge on any atom is 0.276 e. The van der Waals surface area contributed by atoms with E-state index in [0.29, 0.717) is 18.2 Å². The van der Waals surface area contributed by atoms with Gasteiger partial charge in [0.25, 0.3) is 5.69 Å². The highest BCUT2D eigenvalue weighted by molar-refractivity contribution is 5.54. The van der Waals surface area contributed by atoms with Crippen molar-refractivity contribution in [1.82, 2.24) is 9.97 Å². The molecule has 0 saturated heterocycles. The van der Waals surface area contributed by atoms with Gasteiger partial charge in [-0.05, 0) is 17.7 Å². The van der Waals surface area contributed by atoms with Gasteiger partial charge in [0.05, 0.1) is 17.1 Å². The van der Waals surface area contributed by atoms with Crippen LogP contribution in [0.5, 0.6) is 0 Å². The first-order valence-electron chi connectivity index (χ1n) is 5.66. The van der Waals surface area contributed by atoms with E-state index in [9.17, 15) is 10.1 Å². The second kappa shape index (κ2) is 5.76. The zero-order chi connectivity index (χ0) is 13.7. The largest absolute Gasteiger partial charge is 0.373 e. The van der Waals surface area contributed by atoms with Crippen LogP contribution in [0.25, 0.3) is 0 Å². The smallest absolute Gasteiger partial charge is 0.276 e. The molecule has 2 heterocycles. The summed E-state index contributed by atoms with van der Waals surface area (Å²) < 4.78 is 0. The van der Waals surface area contributed by atoms with Crippen molar-refractivity contribution in [3.63, 3.8) is 0 Å². The van der Waals surface area contributed by atoms with Crippen LogP contribution < -0.4 is 10.6 Å². The van der Waals surface area contributed by atoms with Gasteiger partial charge in [0.15, 0.2) is 0 Å². The molecule has 0 aromatic carbocycles. The normalized spacial score (nSPS) is 9.95. The molecule has 0 atom stereocenters. The van der Waals surface area contributed by atoms with Crippen LogP contribution in [0.3, 0.4) is 0 Å². The van der Waals surface area contributed by atoms with E-state index in [-0.39, 0.29) is 5.69 Å². The molecule has 0 unspecified atom stereocenters. The first-order chi connectivity index (χ1) is 9.19. The lowest BCUT2D eigenvalue weighted by atomic mass is 10.2. The molecule has 0 fully saturated rings. The van der Waals surface area contributed by atoms with E-state index in [1.807, 2.05) is 12.1 Å². The summed E-state index contributed by atoms with van der Waals surface area (Å²) in [6.07, 6.45) is 3.38. The minimum absolute atomic E-state index is 0.00317. The van der Waals surface area contributed by atoms with Crippen molar-refractivity contribution in [3.05, 3.63) is 52.3 Å². The van der Waals surface area contributed by atoms with Gasteiger partial charge in [-0.15, -0.1) is 0 Å². The molecule has 0 radical (unpaired) electrons. The van der Waals surface area contributed by atoms with Crippen LogP contribution in [0.4, 0.5) is 17.3 Å². The number of aromatic nitrogens is 2. The SMILES string of the molecule is CNc1cc([N+](=O)[O-])cc(NCc2ccncc2)n1. The molecule has 0 aliphatic heterocycles. The van der Waals surface area contributed by atoms with E-state index in [2.05, 4.69) is 20.6 Å². The Morgan fingerprint density at radius 3 is 2.58 bits per heavy atom. The number of nitrogens with one attached hydrogen (secondary N) is 2. The maximum absolute atomic E-state index is 10.8. The quantitative estimate of drug-likeness (QED) is 0.630. The number of anilines is 2. The molecule has 7 heteroatoms. The summed E-state index contributed by atoms with van der Waals surface area (Å²) in [6, 6.07) is 6.52. The van der Waals surface area contributed by atoms with Gasteiger partial charge in [-0.2, -0.15) is 0 Å². The monoisotopic (exact) mass is 259 g/mol. The first-order valence-corrected chi connectivity index (χ1v) is 5.66. The van der Waals surface area contributed by atoms with Gasteiger partial charge < -0.3 is 10.6 Å². The number of nitrogens with zero attached hydrogens (tertiary/aromatic N) is 3. The van der Waals surface area contributed by atoms with Crippen molar-refractivity contribution in [2.24, 2.45) is 0 Å². The lowest BCUT2D eigenvalue weighted by Crippen LogP contribution is -2.04. The van der Waals surface area contributed by atoms with Crippen LogP contribution in [0.2, 0.25) is 0 Å². The van der Waals surface area contributed by atoms with E-state index >= 15 is 0 Å². The molecule has 0 aliphatic rings. The van der Waals surface area contributed by atoms with Crippen LogP contribution in [-0.4, -0.2) is 21.9 Å². The summed E-state index contributed by atoms with van der Waals surface area (Å²) in [5.41, 5.74) is 1.02. The zero-order valence-corrected chi connectivity index (χ0v) is 10.3. The van der Waals surface area contributed by atoms with Gasteiger partial charge in [0.2, 0.25) is 0 Å². The molecule has 2 rings (SSSR count). The maximum atomic E-state index is 10.8. The highest BCUT2D eigenvalue weighted by atomic mass is 16.6. The summed E-state index contributed by atoms with van der Waals surface area (Å²) in [4.78, 5) is 18.5.